The zero-order valence-electron chi connectivity index (χ0n) is 16.8. The summed E-state index contributed by atoms with van der Waals surface area (Å²) in [6.45, 7) is 5.59. The molecule has 3 aliphatic rings. The Bertz CT molecular complexity index is 1120. The molecule has 2 aliphatic heterocycles. The Morgan fingerprint density at radius 2 is 2.00 bits per heavy atom. The van der Waals surface area contributed by atoms with E-state index in [1.165, 1.54) is 0 Å². The van der Waals surface area contributed by atoms with Crippen LogP contribution < -0.4 is 15.0 Å². The van der Waals surface area contributed by atoms with E-state index >= 15 is 0 Å². The second-order valence-electron chi connectivity index (χ2n) is 7.99. The van der Waals surface area contributed by atoms with E-state index in [-0.39, 0.29) is 17.9 Å². The van der Waals surface area contributed by atoms with Gasteiger partial charge >= 0.3 is 6.01 Å². The fraction of sp³-hybridized carbons (Fsp3) is 0.318. The second-order valence-corrected chi connectivity index (χ2v) is 7.99. The number of hydrogen-bond donors (Lipinski definition) is 2. The topological polar surface area (TPSA) is 82.9 Å². The van der Waals surface area contributed by atoms with Crippen molar-refractivity contribution in [1.29, 1.82) is 0 Å². The van der Waals surface area contributed by atoms with Crippen molar-refractivity contribution in [3.8, 4) is 11.8 Å². The van der Waals surface area contributed by atoms with Crippen LogP contribution in [0.1, 0.15) is 25.0 Å². The first-order valence-electron chi connectivity index (χ1n) is 9.92. The molecule has 8 heteroatoms. The van der Waals surface area contributed by atoms with E-state index in [1.807, 2.05) is 37.0 Å². The molecule has 0 radical (unpaired) electrons. The van der Waals surface area contributed by atoms with Gasteiger partial charge in [-0.1, -0.05) is 17.7 Å². The molecule has 0 spiro atoms. The van der Waals surface area contributed by atoms with Crippen molar-refractivity contribution in [1.82, 2.24) is 9.97 Å². The lowest BCUT2D eigenvalue weighted by Crippen LogP contribution is -2.51. The van der Waals surface area contributed by atoms with Crippen LogP contribution >= 0.6 is 0 Å². The monoisotopic (exact) mass is 407 g/mol. The maximum atomic E-state index is 15.0. The number of ether oxygens (including phenoxy) is 1. The molecule has 1 aromatic heterocycles. The number of hydrogen-bond acceptors (Lipinski definition) is 7. The molecule has 1 aromatic carbocycles. The number of aliphatic hydroxyl groups excluding tert-OH is 1. The molecule has 0 amide bonds. The number of β-amino-alcohol motifs (C(OH)–C–C–N with tert-alkyl or cyclic N) is 1. The number of rotatable bonds is 4. The number of aliphatic hydroxyl groups is 1. The molecule has 0 atom stereocenters. The van der Waals surface area contributed by atoms with E-state index in [2.05, 4.69) is 20.3 Å². The van der Waals surface area contributed by atoms with Gasteiger partial charge in [0.2, 0.25) is 0 Å². The van der Waals surface area contributed by atoms with Gasteiger partial charge in [0.25, 0.3) is 0 Å². The first kappa shape index (κ1) is 18.7. The minimum absolute atomic E-state index is 0.0354. The molecular formula is C22H22FN5O2. The molecule has 1 fully saturated rings. The first-order valence-corrected chi connectivity index (χ1v) is 9.92. The van der Waals surface area contributed by atoms with Gasteiger partial charge in [-0.3, -0.25) is 4.99 Å². The predicted octanol–water partition coefficient (Wildman–Crippen LogP) is 3.32. The lowest BCUT2D eigenvalue weighted by atomic mass is 10.1. The number of allylic oxidation sites excluding steroid dienone is 1. The van der Waals surface area contributed by atoms with Gasteiger partial charge in [0.1, 0.15) is 17.5 Å². The van der Waals surface area contributed by atoms with Crippen LogP contribution in [0.15, 0.2) is 40.4 Å². The van der Waals surface area contributed by atoms with Crippen molar-refractivity contribution < 1.29 is 14.2 Å². The Hall–Kier alpha value is -3.26. The Kier molecular flexibility index (Phi) is 4.51. The average molecular weight is 407 g/mol. The van der Waals surface area contributed by atoms with Gasteiger partial charge in [0.05, 0.1) is 12.6 Å². The van der Waals surface area contributed by atoms with Crippen molar-refractivity contribution >= 4 is 23.5 Å². The number of nitrogens with zero attached hydrogens (tertiary/aromatic N) is 4. The Morgan fingerprint density at radius 3 is 2.73 bits per heavy atom. The normalized spacial score (nSPS) is 17.9. The number of nitrogens with one attached hydrogen (secondary N) is 1. The molecule has 1 saturated heterocycles. The summed E-state index contributed by atoms with van der Waals surface area (Å²) in [5.41, 5.74) is 3.78. The van der Waals surface area contributed by atoms with Gasteiger partial charge in [-0.25, -0.2) is 4.39 Å². The molecule has 0 saturated carbocycles. The van der Waals surface area contributed by atoms with Crippen molar-refractivity contribution in [3.63, 3.8) is 0 Å². The second kappa shape index (κ2) is 7.21. The van der Waals surface area contributed by atoms with Crippen LogP contribution in [0, 0.1) is 5.82 Å². The van der Waals surface area contributed by atoms with Crippen molar-refractivity contribution in [2.24, 2.45) is 4.99 Å². The van der Waals surface area contributed by atoms with E-state index < -0.39 is 5.82 Å². The van der Waals surface area contributed by atoms with Crippen molar-refractivity contribution in [3.05, 3.63) is 52.4 Å². The van der Waals surface area contributed by atoms with E-state index in [0.29, 0.717) is 42.7 Å². The quantitative estimate of drug-likeness (QED) is 0.809. The fourth-order valence-corrected chi connectivity index (χ4v) is 3.77. The van der Waals surface area contributed by atoms with E-state index in [1.54, 1.807) is 12.1 Å². The highest BCUT2D eigenvalue weighted by Gasteiger charge is 2.27. The average Bonchev–Trinajstić information content (AvgIpc) is 3.26. The molecule has 154 valence electrons. The van der Waals surface area contributed by atoms with E-state index in [4.69, 9.17) is 4.74 Å². The van der Waals surface area contributed by atoms with Crippen molar-refractivity contribution in [2.45, 2.75) is 26.4 Å². The third kappa shape index (κ3) is 3.54. The summed E-state index contributed by atoms with van der Waals surface area (Å²) >= 11 is 0. The number of aliphatic imine (C=N–C) groups is 1. The Morgan fingerprint density at radius 1 is 1.17 bits per heavy atom. The minimum atomic E-state index is -0.411. The molecule has 0 bridgehead atoms. The smallest absolute Gasteiger partial charge is 0.326 e. The number of amidine groups is 1. The van der Waals surface area contributed by atoms with Crippen LogP contribution in [0.25, 0.3) is 6.08 Å². The summed E-state index contributed by atoms with van der Waals surface area (Å²) in [6, 6.07) is 5.29. The molecule has 1 aliphatic carbocycles. The maximum Gasteiger partial charge on any atom is 0.326 e. The summed E-state index contributed by atoms with van der Waals surface area (Å²) in [5.74, 6) is 1.48. The zero-order valence-corrected chi connectivity index (χ0v) is 16.8. The van der Waals surface area contributed by atoms with E-state index in [0.717, 1.165) is 23.1 Å². The number of aromatic nitrogens is 2. The van der Waals surface area contributed by atoms with Gasteiger partial charge in [-0.15, -0.1) is 0 Å². The third-order valence-corrected chi connectivity index (χ3v) is 5.31. The Balaban J connectivity index is 1.46. The van der Waals surface area contributed by atoms with Gasteiger partial charge in [0, 0.05) is 24.7 Å². The summed E-state index contributed by atoms with van der Waals surface area (Å²) in [6.07, 6.45) is 4.16. The number of fused-ring (bicyclic) bond motifs is 1. The highest BCUT2D eigenvalue weighted by molar-refractivity contribution is 6.05. The van der Waals surface area contributed by atoms with Crippen LogP contribution in [0.2, 0.25) is 0 Å². The highest BCUT2D eigenvalue weighted by atomic mass is 19.1. The standard InChI is InChI=1S/C22H22FN5O2/c1-12-5-14-3-4-17(21(23)16(14)6-12)30-22-26-19(25-18-7-13(2)9-24-18)8-20(27-22)28-10-15(29)11-28/h3-4,6-8,15,29H,5,9-11H2,1-2H3,(H,24,25,26,27). The third-order valence-electron chi connectivity index (χ3n) is 5.31. The summed E-state index contributed by atoms with van der Waals surface area (Å²) in [5, 5.41) is 12.8. The molecule has 5 rings (SSSR count). The number of anilines is 2. The molecule has 30 heavy (non-hydrogen) atoms. The number of halogens is 1. The molecule has 0 unspecified atom stereocenters. The van der Waals surface area contributed by atoms with Crippen LogP contribution in [0.5, 0.6) is 11.8 Å². The molecular weight excluding hydrogens is 385 g/mol. The van der Waals surface area contributed by atoms with Crippen LogP contribution in [0.4, 0.5) is 16.0 Å². The van der Waals surface area contributed by atoms with Gasteiger partial charge in [0.15, 0.2) is 11.6 Å². The van der Waals surface area contributed by atoms with E-state index in [9.17, 15) is 9.50 Å². The maximum absolute atomic E-state index is 15.0. The highest BCUT2D eigenvalue weighted by Crippen LogP contribution is 2.34. The number of benzene rings is 1. The fourth-order valence-electron chi connectivity index (χ4n) is 3.77. The van der Waals surface area contributed by atoms with Gasteiger partial charge < -0.3 is 20.1 Å². The Labute approximate surface area is 173 Å². The molecule has 3 heterocycles. The van der Waals surface area contributed by atoms with Crippen LogP contribution in [-0.4, -0.2) is 46.6 Å². The van der Waals surface area contributed by atoms with Gasteiger partial charge in [-0.05, 0) is 43.5 Å². The zero-order chi connectivity index (χ0) is 20.8. The summed E-state index contributed by atoms with van der Waals surface area (Å²) < 4.78 is 20.8. The molecule has 2 aromatic rings. The lowest BCUT2D eigenvalue weighted by molar-refractivity contribution is 0.141. The summed E-state index contributed by atoms with van der Waals surface area (Å²) in [7, 11) is 0. The van der Waals surface area contributed by atoms with Crippen LogP contribution in [-0.2, 0) is 6.42 Å². The molecule has 7 nitrogen and oxygen atoms in total. The van der Waals surface area contributed by atoms with Crippen molar-refractivity contribution in [2.75, 3.05) is 29.9 Å². The first-order chi connectivity index (χ1) is 14.4. The largest absolute Gasteiger partial charge is 0.421 e. The summed E-state index contributed by atoms with van der Waals surface area (Å²) in [4.78, 5) is 15.1. The molecule has 2 N–H and O–H groups in total. The van der Waals surface area contributed by atoms with Gasteiger partial charge in [-0.2, -0.15) is 9.97 Å². The lowest BCUT2D eigenvalue weighted by Gasteiger charge is -2.36. The minimum Gasteiger partial charge on any atom is -0.421 e. The predicted molar refractivity (Wildman–Crippen MR) is 114 cm³/mol. The SMILES string of the molecule is CC1=CC(Nc2cc(N3CC(O)C3)nc(Oc3ccc4c(c3F)C=C(C)C4)n2)=NC1. The van der Waals surface area contributed by atoms with Crippen LogP contribution in [0.3, 0.4) is 0 Å².